The SMILES string of the molecule is CCCNC(CSC(C)C)Cc1c(Br)c(C)nn1C. The Hall–Kier alpha value is 0. The summed E-state index contributed by atoms with van der Waals surface area (Å²) in [6.07, 6.45) is 2.20. The fourth-order valence-corrected chi connectivity index (χ4v) is 3.33. The first kappa shape index (κ1) is 17.1. The molecular weight excluding hydrogens is 322 g/mol. The Morgan fingerprint density at radius 2 is 2.11 bits per heavy atom. The highest BCUT2D eigenvalue weighted by Crippen LogP contribution is 2.22. The van der Waals surface area contributed by atoms with Crippen LogP contribution in [-0.2, 0) is 13.5 Å². The zero-order chi connectivity index (χ0) is 14.4. The molecule has 1 heterocycles. The number of rotatable bonds is 8. The number of thioether (sulfide) groups is 1. The summed E-state index contributed by atoms with van der Waals surface area (Å²) in [6, 6.07) is 0.512. The van der Waals surface area contributed by atoms with Crippen molar-refractivity contribution in [3.05, 3.63) is 15.9 Å². The zero-order valence-corrected chi connectivity index (χ0v) is 15.1. The van der Waals surface area contributed by atoms with Gasteiger partial charge in [0.25, 0.3) is 0 Å². The summed E-state index contributed by atoms with van der Waals surface area (Å²) in [7, 11) is 2.03. The first-order valence-corrected chi connectivity index (χ1v) is 8.82. The monoisotopic (exact) mass is 347 g/mol. The summed E-state index contributed by atoms with van der Waals surface area (Å²) in [5.74, 6) is 1.15. The van der Waals surface area contributed by atoms with Crippen LogP contribution in [0.3, 0.4) is 0 Å². The molecule has 3 nitrogen and oxygen atoms in total. The van der Waals surface area contributed by atoms with E-state index in [0.717, 1.165) is 28.9 Å². The molecule has 110 valence electrons. The molecule has 5 heteroatoms. The van der Waals surface area contributed by atoms with E-state index in [4.69, 9.17) is 0 Å². The fourth-order valence-electron chi connectivity index (χ4n) is 1.98. The van der Waals surface area contributed by atoms with Crippen molar-refractivity contribution in [1.82, 2.24) is 15.1 Å². The van der Waals surface area contributed by atoms with E-state index in [9.17, 15) is 0 Å². The van der Waals surface area contributed by atoms with Crippen molar-refractivity contribution < 1.29 is 0 Å². The Labute approximate surface area is 130 Å². The Balaban J connectivity index is 2.69. The van der Waals surface area contributed by atoms with E-state index in [2.05, 4.69) is 47.1 Å². The smallest absolute Gasteiger partial charge is 0.0738 e. The molecule has 0 spiro atoms. The quantitative estimate of drug-likeness (QED) is 0.779. The summed E-state index contributed by atoms with van der Waals surface area (Å²) in [4.78, 5) is 0. The van der Waals surface area contributed by atoms with Crippen molar-refractivity contribution in [2.24, 2.45) is 7.05 Å². The number of hydrogen-bond acceptors (Lipinski definition) is 3. The molecule has 1 rings (SSSR count). The Kier molecular flexibility index (Phi) is 7.47. The molecule has 0 aromatic carbocycles. The molecule has 1 aromatic rings. The minimum Gasteiger partial charge on any atom is -0.313 e. The van der Waals surface area contributed by atoms with Crippen LogP contribution in [0.5, 0.6) is 0 Å². The third kappa shape index (κ3) is 5.48. The first-order chi connectivity index (χ1) is 8.95. The normalized spacial score (nSPS) is 13.2. The molecule has 0 saturated carbocycles. The molecule has 0 bridgehead atoms. The molecule has 0 aliphatic carbocycles. The molecule has 1 atom stereocenters. The maximum atomic E-state index is 4.47. The van der Waals surface area contributed by atoms with Crippen LogP contribution in [-0.4, -0.2) is 33.4 Å². The van der Waals surface area contributed by atoms with Gasteiger partial charge in [0.2, 0.25) is 0 Å². The predicted octanol–water partition coefficient (Wildman–Crippen LogP) is 3.54. The Morgan fingerprint density at radius 3 is 2.58 bits per heavy atom. The van der Waals surface area contributed by atoms with Crippen LogP contribution in [0.2, 0.25) is 0 Å². The van der Waals surface area contributed by atoms with Gasteiger partial charge in [0.15, 0.2) is 0 Å². The lowest BCUT2D eigenvalue weighted by Gasteiger charge is -2.19. The average Bonchev–Trinajstić information content (AvgIpc) is 2.58. The first-order valence-electron chi connectivity index (χ1n) is 6.98. The van der Waals surface area contributed by atoms with Gasteiger partial charge in [0.1, 0.15) is 0 Å². The number of aryl methyl sites for hydroxylation is 2. The van der Waals surface area contributed by atoms with Crippen molar-refractivity contribution in [2.75, 3.05) is 12.3 Å². The van der Waals surface area contributed by atoms with E-state index >= 15 is 0 Å². The van der Waals surface area contributed by atoms with E-state index in [1.165, 1.54) is 12.1 Å². The van der Waals surface area contributed by atoms with Crippen molar-refractivity contribution in [3.63, 3.8) is 0 Å². The van der Waals surface area contributed by atoms with E-state index in [1.54, 1.807) is 0 Å². The standard InChI is InChI=1S/C14H26BrN3S/c1-6-7-16-12(9-19-10(2)3)8-13-14(15)11(4)17-18(13)5/h10,12,16H,6-9H2,1-5H3. The van der Waals surface area contributed by atoms with E-state index in [1.807, 2.05) is 30.4 Å². The van der Waals surface area contributed by atoms with Gasteiger partial charge in [-0.1, -0.05) is 20.8 Å². The summed E-state index contributed by atoms with van der Waals surface area (Å²) in [5, 5.41) is 8.81. The molecule has 1 N–H and O–H groups in total. The molecule has 1 aromatic heterocycles. The van der Waals surface area contributed by atoms with Crippen molar-refractivity contribution in [3.8, 4) is 0 Å². The van der Waals surface area contributed by atoms with Crippen LogP contribution >= 0.6 is 27.7 Å². The number of aromatic nitrogens is 2. The van der Waals surface area contributed by atoms with Gasteiger partial charge in [-0.3, -0.25) is 4.68 Å². The third-order valence-corrected chi connectivity index (χ3v) is 5.31. The largest absolute Gasteiger partial charge is 0.313 e. The maximum Gasteiger partial charge on any atom is 0.0738 e. The average molecular weight is 348 g/mol. The highest BCUT2D eigenvalue weighted by molar-refractivity contribution is 9.10. The lowest BCUT2D eigenvalue weighted by molar-refractivity contribution is 0.530. The molecule has 0 radical (unpaired) electrons. The molecule has 0 saturated heterocycles. The molecule has 19 heavy (non-hydrogen) atoms. The second-order valence-electron chi connectivity index (χ2n) is 5.21. The molecular formula is C14H26BrN3S. The van der Waals surface area contributed by atoms with Gasteiger partial charge in [-0.15, -0.1) is 0 Å². The van der Waals surface area contributed by atoms with Crippen molar-refractivity contribution in [1.29, 1.82) is 0 Å². The van der Waals surface area contributed by atoms with Crippen molar-refractivity contribution >= 4 is 27.7 Å². The zero-order valence-electron chi connectivity index (χ0n) is 12.7. The summed E-state index contributed by atoms with van der Waals surface area (Å²) < 4.78 is 3.16. The minimum atomic E-state index is 0.512. The molecule has 0 aliphatic heterocycles. The van der Waals surface area contributed by atoms with Crippen LogP contribution in [0.15, 0.2) is 4.47 Å². The van der Waals surface area contributed by atoms with Gasteiger partial charge >= 0.3 is 0 Å². The van der Waals surface area contributed by atoms with Crippen LogP contribution in [0.25, 0.3) is 0 Å². The van der Waals surface area contributed by atoms with E-state index < -0.39 is 0 Å². The molecule has 0 amide bonds. The molecule has 1 unspecified atom stereocenters. The number of nitrogens with zero attached hydrogens (tertiary/aromatic N) is 2. The predicted molar refractivity (Wildman–Crippen MR) is 89.0 cm³/mol. The van der Waals surface area contributed by atoms with Gasteiger partial charge in [-0.05, 0) is 41.1 Å². The number of hydrogen-bond donors (Lipinski definition) is 1. The van der Waals surface area contributed by atoms with Gasteiger partial charge < -0.3 is 5.32 Å². The van der Waals surface area contributed by atoms with E-state index in [0.29, 0.717) is 11.3 Å². The van der Waals surface area contributed by atoms with Crippen LogP contribution in [0, 0.1) is 6.92 Å². The second kappa shape index (κ2) is 8.32. The van der Waals surface area contributed by atoms with Crippen LogP contribution in [0.1, 0.15) is 38.6 Å². The third-order valence-electron chi connectivity index (χ3n) is 3.02. The minimum absolute atomic E-state index is 0.512. The summed E-state index contributed by atoms with van der Waals surface area (Å²) in [6.45, 7) is 9.85. The Morgan fingerprint density at radius 1 is 1.42 bits per heavy atom. The highest BCUT2D eigenvalue weighted by Gasteiger charge is 2.16. The van der Waals surface area contributed by atoms with Crippen LogP contribution in [0.4, 0.5) is 0 Å². The van der Waals surface area contributed by atoms with Gasteiger partial charge in [-0.25, -0.2) is 0 Å². The van der Waals surface area contributed by atoms with Gasteiger partial charge in [-0.2, -0.15) is 16.9 Å². The highest BCUT2D eigenvalue weighted by atomic mass is 79.9. The van der Waals surface area contributed by atoms with Gasteiger partial charge in [0.05, 0.1) is 15.9 Å². The summed E-state index contributed by atoms with van der Waals surface area (Å²) in [5.41, 5.74) is 2.36. The fraction of sp³-hybridized carbons (Fsp3) is 0.786. The maximum absolute atomic E-state index is 4.47. The molecule has 0 fully saturated rings. The number of nitrogens with one attached hydrogen (secondary N) is 1. The topological polar surface area (TPSA) is 29.9 Å². The van der Waals surface area contributed by atoms with Crippen molar-refractivity contribution in [2.45, 2.75) is 51.8 Å². The Bertz CT molecular complexity index is 390. The van der Waals surface area contributed by atoms with E-state index in [-0.39, 0.29) is 0 Å². The second-order valence-corrected chi connectivity index (χ2v) is 7.61. The molecule has 0 aliphatic rings. The van der Waals surface area contributed by atoms with Crippen LogP contribution < -0.4 is 5.32 Å². The number of halogens is 1. The lowest BCUT2D eigenvalue weighted by atomic mass is 10.1. The summed E-state index contributed by atoms with van der Waals surface area (Å²) >= 11 is 5.68. The van der Waals surface area contributed by atoms with Gasteiger partial charge in [0, 0.05) is 25.3 Å². The lowest BCUT2D eigenvalue weighted by Crippen LogP contribution is -2.35.